The van der Waals surface area contributed by atoms with Crippen molar-refractivity contribution in [1.29, 1.82) is 0 Å². The number of rotatable bonds is 4. The Kier molecular flexibility index (Phi) is 4.58. The van der Waals surface area contributed by atoms with E-state index in [1.807, 2.05) is 29.5 Å². The van der Waals surface area contributed by atoms with Gasteiger partial charge in [-0.05, 0) is 50.4 Å². The van der Waals surface area contributed by atoms with Crippen molar-refractivity contribution in [3.63, 3.8) is 0 Å². The summed E-state index contributed by atoms with van der Waals surface area (Å²) >= 11 is 2.02. The van der Waals surface area contributed by atoms with E-state index in [2.05, 4.69) is 0 Å². The third kappa shape index (κ3) is 3.39. The molecular formula is C16H20F3IO4. The predicted molar refractivity (Wildman–Crippen MR) is 86.5 cm³/mol. The molecule has 136 valence electrons. The first-order chi connectivity index (χ1) is 11.1. The Morgan fingerprint density at radius 1 is 1.12 bits per heavy atom. The van der Waals surface area contributed by atoms with E-state index in [1.54, 1.807) is 0 Å². The van der Waals surface area contributed by atoms with Crippen molar-refractivity contribution < 1.29 is 32.2 Å². The number of carbonyl (C=O) groups is 2. The molecule has 4 aliphatic carbocycles. The van der Waals surface area contributed by atoms with Crippen LogP contribution in [0, 0.1) is 11.8 Å². The first-order valence-electron chi connectivity index (χ1n) is 8.23. The Morgan fingerprint density at radius 2 is 1.62 bits per heavy atom. The number of halogens is 4. The molecule has 4 nitrogen and oxygen atoms in total. The molecule has 0 aromatic carbocycles. The summed E-state index contributed by atoms with van der Waals surface area (Å²) in [6.07, 6.45) is -1.07. The van der Waals surface area contributed by atoms with Crippen molar-refractivity contribution in [2.24, 2.45) is 11.8 Å². The van der Waals surface area contributed by atoms with Crippen LogP contribution in [0.1, 0.15) is 51.9 Å². The second kappa shape index (κ2) is 6.02. The molecule has 0 radical (unpaired) electrons. The van der Waals surface area contributed by atoms with E-state index < -0.39 is 23.3 Å². The highest BCUT2D eigenvalue weighted by Crippen LogP contribution is 2.60. The van der Waals surface area contributed by atoms with E-state index >= 15 is 0 Å². The largest absolute Gasteiger partial charge is 0.490 e. The van der Waals surface area contributed by atoms with Crippen LogP contribution in [0.5, 0.6) is 0 Å². The molecule has 0 aliphatic heterocycles. The van der Waals surface area contributed by atoms with Crippen LogP contribution in [0.15, 0.2) is 0 Å². The zero-order valence-electron chi connectivity index (χ0n) is 13.3. The second-order valence-electron chi connectivity index (χ2n) is 7.51. The first kappa shape index (κ1) is 18.3. The summed E-state index contributed by atoms with van der Waals surface area (Å²) in [5, 5.41) is 0. The van der Waals surface area contributed by atoms with Crippen LogP contribution in [0.4, 0.5) is 13.2 Å². The minimum atomic E-state index is -5.00. The monoisotopic (exact) mass is 460 g/mol. The van der Waals surface area contributed by atoms with Gasteiger partial charge in [-0.2, -0.15) is 13.2 Å². The summed E-state index contributed by atoms with van der Waals surface area (Å²) in [5.74, 6) is -2.16. The van der Waals surface area contributed by atoms with Crippen LogP contribution in [-0.4, -0.2) is 33.2 Å². The molecule has 4 bridgehead atoms. The highest BCUT2D eigenvalue weighted by Gasteiger charge is 2.62. The number of hydrogen-bond donors (Lipinski definition) is 0. The lowest BCUT2D eigenvalue weighted by atomic mass is 9.52. The van der Waals surface area contributed by atoms with Gasteiger partial charge in [-0.1, -0.05) is 29.5 Å². The van der Waals surface area contributed by atoms with Crippen LogP contribution < -0.4 is 0 Å². The minimum absolute atomic E-state index is 0.148. The van der Waals surface area contributed by atoms with Gasteiger partial charge < -0.3 is 9.47 Å². The molecule has 0 aromatic heterocycles. The van der Waals surface area contributed by atoms with E-state index in [1.165, 1.54) is 0 Å². The quantitative estimate of drug-likeness (QED) is 0.363. The molecule has 0 saturated heterocycles. The van der Waals surface area contributed by atoms with E-state index in [0.29, 0.717) is 32.1 Å². The second-order valence-corrected chi connectivity index (χ2v) is 9.01. The highest BCUT2D eigenvalue weighted by atomic mass is 127. The van der Waals surface area contributed by atoms with E-state index in [9.17, 15) is 22.8 Å². The Hall–Kier alpha value is -0.540. The molecule has 0 aromatic rings. The van der Waals surface area contributed by atoms with Gasteiger partial charge in [0.1, 0.15) is 15.1 Å². The van der Waals surface area contributed by atoms with Crippen LogP contribution in [0.25, 0.3) is 0 Å². The SMILES string of the molecule is CCC(I)C(=O)OC12CC3CC(C1)CC(OC(=O)C(F)(F)F)(C3)C2. The summed E-state index contributed by atoms with van der Waals surface area (Å²) in [5.41, 5.74) is -1.91. The fourth-order valence-electron chi connectivity index (χ4n) is 5.03. The molecular weight excluding hydrogens is 440 g/mol. The van der Waals surface area contributed by atoms with Gasteiger partial charge in [0.15, 0.2) is 0 Å². The molecule has 4 fully saturated rings. The molecule has 3 unspecified atom stereocenters. The number of esters is 2. The summed E-state index contributed by atoms with van der Waals surface area (Å²) in [7, 11) is 0. The van der Waals surface area contributed by atoms with Gasteiger partial charge in [0, 0.05) is 6.42 Å². The fourth-order valence-corrected chi connectivity index (χ4v) is 5.16. The standard InChI is InChI=1S/C16H20F3IO4/c1-2-11(20)12(21)23-14-4-9-3-10(5-14)7-15(6-9,8-14)24-13(22)16(17,18)19/h9-11H,2-8H2,1H3. The molecule has 24 heavy (non-hydrogen) atoms. The van der Waals surface area contributed by atoms with Crippen LogP contribution in [0.3, 0.4) is 0 Å². The number of hydrogen-bond acceptors (Lipinski definition) is 4. The zero-order chi connectivity index (χ0) is 17.8. The minimum Gasteiger partial charge on any atom is -0.458 e. The number of carbonyl (C=O) groups excluding carboxylic acids is 2. The number of alkyl halides is 4. The van der Waals surface area contributed by atoms with Crippen molar-refractivity contribution in [3.8, 4) is 0 Å². The molecule has 4 rings (SSSR count). The van der Waals surface area contributed by atoms with Gasteiger partial charge in [-0.25, -0.2) is 4.79 Å². The molecule has 4 saturated carbocycles. The Labute approximate surface area is 152 Å². The molecule has 8 heteroatoms. The summed E-state index contributed by atoms with van der Waals surface area (Å²) in [4.78, 5) is 23.6. The van der Waals surface area contributed by atoms with E-state index in [-0.39, 0.29) is 28.2 Å². The first-order valence-corrected chi connectivity index (χ1v) is 9.48. The predicted octanol–water partition coefficient (Wildman–Crippen LogP) is 3.94. The molecule has 3 atom stereocenters. The normalized spacial score (nSPS) is 38.7. The smallest absolute Gasteiger partial charge is 0.458 e. The highest BCUT2D eigenvalue weighted by molar-refractivity contribution is 14.1. The molecule has 4 aliphatic rings. The van der Waals surface area contributed by atoms with Crippen molar-refractivity contribution in [3.05, 3.63) is 0 Å². The average molecular weight is 460 g/mol. The van der Waals surface area contributed by atoms with Crippen LogP contribution >= 0.6 is 22.6 Å². The van der Waals surface area contributed by atoms with Gasteiger partial charge in [0.25, 0.3) is 0 Å². The van der Waals surface area contributed by atoms with Crippen molar-refractivity contribution in [1.82, 2.24) is 0 Å². The van der Waals surface area contributed by atoms with E-state index in [4.69, 9.17) is 9.47 Å². The average Bonchev–Trinajstić information content (AvgIpc) is 2.42. The molecule has 0 heterocycles. The summed E-state index contributed by atoms with van der Waals surface area (Å²) in [6.45, 7) is 1.88. The van der Waals surface area contributed by atoms with Crippen molar-refractivity contribution in [2.45, 2.75) is 73.2 Å². The lowest BCUT2D eigenvalue weighted by Gasteiger charge is -2.60. The van der Waals surface area contributed by atoms with Crippen molar-refractivity contribution in [2.75, 3.05) is 0 Å². The molecule has 0 amide bonds. The Morgan fingerprint density at radius 3 is 2.08 bits per heavy atom. The van der Waals surface area contributed by atoms with Crippen LogP contribution in [-0.2, 0) is 19.1 Å². The number of ether oxygens (including phenoxy) is 2. The maximum Gasteiger partial charge on any atom is 0.490 e. The zero-order valence-corrected chi connectivity index (χ0v) is 15.5. The van der Waals surface area contributed by atoms with Gasteiger partial charge in [0.2, 0.25) is 0 Å². The third-order valence-corrected chi connectivity index (χ3v) is 6.81. The summed E-state index contributed by atoms with van der Waals surface area (Å²) in [6, 6.07) is 0. The molecule has 0 N–H and O–H groups in total. The maximum atomic E-state index is 12.6. The van der Waals surface area contributed by atoms with Gasteiger partial charge in [-0.3, -0.25) is 4.79 Å². The topological polar surface area (TPSA) is 52.6 Å². The third-order valence-electron chi connectivity index (χ3n) is 5.43. The molecule has 0 spiro atoms. The fraction of sp³-hybridized carbons (Fsp3) is 0.875. The Balaban J connectivity index is 1.79. The summed E-state index contributed by atoms with van der Waals surface area (Å²) < 4.78 is 48.3. The lowest BCUT2D eigenvalue weighted by Crippen LogP contribution is -2.62. The lowest BCUT2D eigenvalue weighted by molar-refractivity contribution is -0.252. The maximum absolute atomic E-state index is 12.6. The van der Waals surface area contributed by atoms with Gasteiger partial charge >= 0.3 is 18.1 Å². The Bertz CT molecular complexity index is 534. The van der Waals surface area contributed by atoms with E-state index in [0.717, 1.165) is 6.42 Å². The van der Waals surface area contributed by atoms with Gasteiger partial charge in [0.05, 0.1) is 0 Å². The van der Waals surface area contributed by atoms with Crippen LogP contribution in [0.2, 0.25) is 0 Å². The van der Waals surface area contributed by atoms with Crippen molar-refractivity contribution >= 4 is 34.5 Å². The van der Waals surface area contributed by atoms with Gasteiger partial charge in [-0.15, -0.1) is 0 Å².